The van der Waals surface area contributed by atoms with Gasteiger partial charge in [-0.05, 0) is 107 Å². The van der Waals surface area contributed by atoms with E-state index in [1.165, 1.54) is 22.3 Å². The Morgan fingerprint density at radius 3 is 2.40 bits per heavy atom. The number of aromatic nitrogens is 1. The number of pyridine rings is 1. The number of piperidine rings is 1. The Labute approximate surface area is 301 Å². The summed E-state index contributed by atoms with van der Waals surface area (Å²) in [5.41, 5.74) is 10.6. The van der Waals surface area contributed by atoms with Crippen molar-refractivity contribution in [2.45, 2.75) is 118 Å². The van der Waals surface area contributed by atoms with Gasteiger partial charge in [0.2, 0.25) is 0 Å². The lowest BCUT2D eigenvalue weighted by Crippen LogP contribution is -2.39. The van der Waals surface area contributed by atoms with E-state index >= 15 is 0 Å². The number of alkyl halides is 1. The van der Waals surface area contributed by atoms with E-state index < -0.39 is 11.7 Å². The van der Waals surface area contributed by atoms with Crippen molar-refractivity contribution in [1.29, 1.82) is 0 Å². The minimum atomic E-state index is -0.910. The Morgan fingerprint density at radius 2 is 1.77 bits per heavy atom. The molecule has 5 rings (SSSR count). The molecule has 3 heterocycles. The summed E-state index contributed by atoms with van der Waals surface area (Å²) in [7, 11) is 0. The number of rotatable bonds is 9. The second-order valence-electron chi connectivity index (χ2n) is 15.6. The molecule has 1 fully saturated rings. The average Bonchev–Trinajstić information content (AvgIpc) is 3.00. The van der Waals surface area contributed by atoms with E-state index in [4.69, 9.17) is 26.1 Å². The molecule has 2 aliphatic heterocycles. The molecule has 2 aromatic carbocycles. The van der Waals surface area contributed by atoms with Crippen molar-refractivity contribution in [3.8, 4) is 11.1 Å². The summed E-state index contributed by atoms with van der Waals surface area (Å²) in [5.74, 6) is -0.375. The highest BCUT2D eigenvalue weighted by molar-refractivity contribution is 9.08. The molecule has 1 atom stereocenters. The number of anilines is 1. The van der Waals surface area contributed by atoms with Crippen LogP contribution < -0.4 is 4.90 Å². The summed E-state index contributed by atoms with van der Waals surface area (Å²) in [6.45, 7) is 23.0. The topological polar surface area (TPSA) is 54.9 Å². The van der Waals surface area contributed by atoms with Crippen molar-refractivity contribution in [1.82, 2.24) is 9.88 Å². The number of ether oxygens (including phenoxy) is 2. The lowest BCUT2D eigenvalue weighted by Gasteiger charge is -2.41. The number of aryl methyl sites for hydroxylation is 2. The molecule has 0 aliphatic carbocycles. The maximum Gasteiger partial charge on any atom is 0.340 e. The van der Waals surface area contributed by atoms with Gasteiger partial charge in [-0.25, -0.2) is 4.79 Å². The van der Waals surface area contributed by atoms with E-state index in [9.17, 15) is 4.79 Å². The number of halogens is 2. The van der Waals surface area contributed by atoms with Crippen molar-refractivity contribution >= 4 is 39.2 Å². The second kappa shape index (κ2) is 14.8. The standard InChI is InChI=1S/C40H53BrClN3O3/c1-25(2)47-38(46)37(48-39(5,6)7)34-27(4)43-33(22-41)35(36(34)45-19-16-40(8,9)17-20-45)29-13-14-30-23-44(18-15-28(30)21-29)24-31-26(3)11-10-12-32(31)42/h10-14,21,25,37H,15-20,22-24H2,1-9H3/t37-/m0/s1. The predicted molar refractivity (Wildman–Crippen MR) is 201 cm³/mol. The largest absolute Gasteiger partial charge is 0.461 e. The molecule has 8 heteroatoms. The van der Waals surface area contributed by atoms with Crippen molar-refractivity contribution in [2.75, 3.05) is 24.5 Å². The number of esters is 1. The maximum atomic E-state index is 13.9. The van der Waals surface area contributed by atoms with Crippen molar-refractivity contribution in [3.05, 3.63) is 80.6 Å². The molecule has 6 nitrogen and oxygen atoms in total. The first kappa shape index (κ1) is 36.8. The molecular weight excluding hydrogens is 686 g/mol. The molecule has 0 saturated carbocycles. The summed E-state index contributed by atoms with van der Waals surface area (Å²) in [5, 5.41) is 1.43. The summed E-state index contributed by atoms with van der Waals surface area (Å²) >= 11 is 10.4. The highest BCUT2D eigenvalue weighted by Crippen LogP contribution is 2.46. The minimum absolute atomic E-state index is 0.259. The quantitative estimate of drug-likeness (QED) is 0.161. The fraction of sp³-hybridized carbons (Fsp3) is 0.550. The lowest BCUT2D eigenvalue weighted by atomic mass is 9.81. The fourth-order valence-electron chi connectivity index (χ4n) is 7.00. The van der Waals surface area contributed by atoms with E-state index in [0.717, 1.165) is 90.8 Å². The first-order chi connectivity index (χ1) is 22.6. The predicted octanol–water partition coefficient (Wildman–Crippen LogP) is 9.91. The maximum absolute atomic E-state index is 13.9. The molecule has 3 aromatic rings. The average molecular weight is 739 g/mol. The van der Waals surface area contributed by atoms with Gasteiger partial charge in [0.1, 0.15) is 0 Å². The number of hydrogen-bond donors (Lipinski definition) is 0. The van der Waals surface area contributed by atoms with Crippen LogP contribution in [0.1, 0.15) is 107 Å². The zero-order chi connectivity index (χ0) is 35.0. The van der Waals surface area contributed by atoms with Gasteiger partial charge in [-0.2, -0.15) is 0 Å². The number of fused-ring (bicyclic) bond motifs is 1. The Hall–Kier alpha value is -2.45. The summed E-state index contributed by atoms with van der Waals surface area (Å²) in [6.07, 6.45) is 1.89. The van der Waals surface area contributed by atoms with Crippen LogP contribution in [-0.4, -0.2) is 47.2 Å². The normalized spacial score (nSPS) is 17.4. The first-order valence-corrected chi connectivity index (χ1v) is 18.9. The highest BCUT2D eigenvalue weighted by atomic mass is 79.9. The number of hydrogen-bond acceptors (Lipinski definition) is 6. The van der Waals surface area contributed by atoms with Gasteiger partial charge in [0.25, 0.3) is 0 Å². The molecule has 260 valence electrons. The van der Waals surface area contributed by atoms with E-state index in [2.05, 4.69) is 70.8 Å². The van der Waals surface area contributed by atoms with Crippen LogP contribution in [0.3, 0.4) is 0 Å². The molecular formula is C40H53BrClN3O3. The summed E-state index contributed by atoms with van der Waals surface area (Å²) < 4.78 is 12.5. The van der Waals surface area contributed by atoms with Gasteiger partial charge in [-0.15, -0.1) is 0 Å². The first-order valence-electron chi connectivity index (χ1n) is 17.4. The fourth-order valence-corrected chi connectivity index (χ4v) is 7.69. The van der Waals surface area contributed by atoms with Gasteiger partial charge in [0.15, 0.2) is 6.10 Å². The third-order valence-electron chi connectivity index (χ3n) is 9.65. The zero-order valence-electron chi connectivity index (χ0n) is 30.3. The van der Waals surface area contributed by atoms with Crippen LogP contribution in [0.25, 0.3) is 11.1 Å². The van der Waals surface area contributed by atoms with Crippen LogP contribution in [0.4, 0.5) is 5.69 Å². The van der Waals surface area contributed by atoms with E-state index in [0.29, 0.717) is 5.33 Å². The second-order valence-corrected chi connectivity index (χ2v) is 16.6. The summed E-state index contributed by atoms with van der Waals surface area (Å²) in [4.78, 5) is 24.0. The molecule has 0 N–H and O–H groups in total. The van der Waals surface area contributed by atoms with Gasteiger partial charge < -0.3 is 14.4 Å². The Morgan fingerprint density at radius 1 is 1.06 bits per heavy atom. The number of carbonyl (C=O) groups excluding carboxylic acids is 1. The molecule has 0 unspecified atom stereocenters. The van der Waals surface area contributed by atoms with E-state index in [-0.39, 0.29) is 17.5 Å². The molecule has 1 aromatic heterocycles. The van der Waals surface area contributed by atoms with Crippen LogP contribution in [0.2, 0.25) is 5.02 Å². The van der Waals surface area contributed by atoms with Gasteiger partial charge in [0.05, 0.1) is 23.1 Å². The zero-order valence-corrected chi connectivity index (χ0v) is 32.6. The Kier molecular flexibility index (Phi) is 11.4. The highest BCUT2D eigenvalue weighted by Gasteiger charge is 2.38. The Bertz CT molecular complexity index is 1620. The van der Waals surface area contributed by atoms with Gasteiger partial charge >= 0.3 is 5.97 Å². The molecule has 0 amide bonds. The van der Waals surface area contributed by atoms with E-state index in [1.54, 1.807) is 0 Å². The van der Waals surface area contributed by atoms with Gasteiger partial charge in [-0.1, -0.05) is 71.7 Å². The smallest absolute Gasteiger partial charge is 0.340 e. The summed E-state index contributed by atoms with van der Waals surface area (Å²) in [6, 6.07) is 13.0. The van der Waals surface area contributed by atoms with Crippen LogP contribution in [-0.2, 0) is 39.1 Å². The third kappa shape index (κ3) is 8.46. The van der Waals surface area contributed by atoms with Gasteiger partial charge in [0, 0.05) is 59.9 Å². The molecule has 0 radical (unpaired) electrons. The van der Waals surface area contributed by atoms with Gasteiger partial charge in [-0.3, -0.25) is 9.88 Å². The number of carbonyl (C=O) groups is 1. The monoisotopic (exact) mass is 737 g/mol. The molecule has 48 heavy (non-hydrogen) atoms. The lowest BCUT2D eigenvalue weighted by molar-refractivity contribution is -0.171. The molecule has 0 bridgehead atoms. The number of benzene rings is 2. The van der Waals surface area contributed by atoms with Crippen molar-refractivity contribution < 1.29 is 14.3 Å². The SMILES string of the molecule is Cc1cccc(Cl)c1CN1CCc2cc(-c3c(CBr)nc(C)c([C@H](OC(C)(C)C)C(=O)OC(C)C)c3N3CCC(C)(C)CC3)ccc2C1. The number of nitrogens with zero attached hydrogens (tertiary/aromatic N) is 3. The molecule has 0 spiro atoms. The Balaban J connectivity index is 1.62. The molecule has 2 aliphatic rings. The van der Waals surface area contributed by atoms with Crippen molar-refractivity contribution in [2.24, 2.45) is 5.41 Å². The molecule has 1 saturated heterocycles. The van der Waals surface area contributed by atoms with Crippen molar-refractivity contribution in [3.63, 3.8) is 0 Å². The van der Waals surface area contributed by atoms with Crippen LogP contribution >= 0.6 is 27.5 Å². The van der Waals surface area contributed by atoms with Crippen LogP contribution in [0.15, 0.2) is 36.4 Å². The van der Waals surface area contributed by atoms with Crippen LogP contribution in [0.5, 0.6) is 0 Å². The third-order valence-corrected chi connectivity index (χ3v) is 10.5. The van der Waals surface area contributed by atoms with Crippen LogP contribution in [0, 0.1) is 19.3 Å². The minimum Gasteiger partial charge on any atom is -0.461 e. The van der Waals surface area contributed by atoms with E-state index in [1.807, 2.05) is 53.7 Å².